The molecule has 2 aromatic heterocycles. The van der Waals surface area contributed by atoms with Crippen LogP contribution in [0, 0.1) is 13.8 Å². The molecule has 0 aliphatic heterocycles. The number of hydrogen-bond donors (Lipinski definition) is 1. The van der Waals surface area contributed by atoms with Gasteiger partial charge in [0.25, 0.3) is 0 Å². The predicted octanol–water partition coefficient (Wildman–Crippen LogP) is 1.49. The van der Waals surface area contributed by atoms with Gasteiger partial charge in [-0.25, -0.2) is 0 Å². The summed E-state index contributed by atoms with van der Waals surface area (Å²) in [6.07, 6.45) is 2.24. The summed E-state index contributed by atoms with van der Waals surface area (Å²) in [5.41, 5.74) is 2.73. The van der Waals surface area contributed by atoms with Crippen molar-refractivity contribution in [1.82, 2.24) is 15.4 Å². The number of carbonyl (C=O) groups is 1. The predicted molar refractivity (Wildman–Crippen MR) is 48.9 cm³/mol. The lowest BCUT2D eigenvalue weighted by molar-refractivity contribution is 0.112. The number of rotatable bonds is 2. The minimum atomic E-state index is 0.513. The first kappa shape index (κ1) is 8.68. The Kier molecular flexibility index (Phi) is 1.92. The molecule has 0 aromatic carbocycles. The number of aromatic nitrogens is 3. The second-order valence-corrected chi connectivity index (χ2v) is 3.02. The second-order valence-electron chi connectivity index (χ2n) is 3.02. The maximum absolute atomic E-state index is 10.7. The third-order valence-corrected chi connectivity index (χ3v) is 2.08. The molecule has 2 aromatic rings. The van der Waals surface area contributed by atoms with Gasteiger partial charge in [0.15, 0.2) is 6.29 Å². The molecule has 0 bridgehead atoms. The largest absolute Gasteiger partial charge is 0.361 e. The highest BCUT2D eigenvalue weighted by Gasteiger charge is 2.16. The van der Waals surface area contributed by atoms with Gasteiger partial charge in [-0.15, -0.1) is 0 Å². The van der Waals surface area contributed by atoms with Crippen molar-refractivity contribution >= 4 is 6.29 Å². The molecular weight excluding hydrogens is 182 g/mol. The lowest BCUT2D eigenvalue weighted by atomic mass is 10.1. The topological polar surface area (TPSA) is 71.8 Å². The van der Waals surface area contributed by atoms with E-state index in [4.69, 9.17) is 4.52 Å². The number of aryl methyl sites for hydroxylation is 2. The molecule has 5 nitrogen and oxygen atoms in total. The van der Waals surface area contributed by atoms with Gasteiger partial charge < -0.3 is 4.52 Å². The zero-order chi connectivity index (χ0) is 10.1. The quantitative estimate of drug-likeness (QED) is 0.730. The highest BCUT2D eigenvalue weighted by atomic mass is 16.5. The van der Waals surface area contributed by atoms with E-state index in [0.717, 1.165) is 17.5 Å². The molecule has 0 unspecified atom stereocenters. The fraction of sp³-hybridized carbons (Fsp3) is 0.222. The van der Waals surface area contributed by atoms with Crippen LogP contribution in [0.2, 0.25) is 0 Å². The van der Waals surface area contributed by atoms with Crippen molar-refractivity contribution in [1.29, 1.82) is 0 Å². The molecule has 5 heteroatoms. The van der Waals surface area contributed by atoms with E-state index in [1.807, 2.05) is 6.92 Å². The molecular formula is C9H9N3O2. The number of nitrogens with one attached hydrogen (secondary N) is 1. The average Bonchev–Trinajstić information content (AvgIpc) is 2.73. The molecule has 0 amide bonds. The molecule has 0 saturated heterocycles. The van der Waals surface area contributed by atoms with E-state index in [2.05, 4.69) is 15.4 Å². The summed E-state index contributed by atoms with van der Waals surface area (Å²) >= 11 is 0. The first-order chi connectivity index (χ1) is 6.74. The molecule has 0 saturated carbocycles. The van der Waals surface area contributed by atoms with E-state index in [1.165, 1.54) is 6.20 Å². The monoisotopic (exact) mass is 191 g/mol. The third kappa shape index (κ3) is 1.14. The smallest absolute Gasteiger partial charge is 0.153 e. The van der Waals surface area contributed by atoms with Crippen molar-refractivity contribution in [2.45, 2.75) is 13.8 Å². The molecule has 0 atom stereocenters. The lowest BCUT2D eigenvalue weighted by Gasteiger charge is -1.95. The van der Waals surface area contributed by atoms with Gasteiger partial charge in [-0.05, 0) is 13.8 Å². The van der Waals surface area contributed by atoms with Crippen molar-refractivity contribution in [2.24, 2.45) is 0 Å². The van der Waals surface area contributed by atoms with Crippen molar-refractivity contribution in [3.8, 4) is 11.3 Å². The summed E-state index contributed by atoms with van der Waals surface area (Å²) < 4.78 is 5.00. The number of aromatic amines is 1. The first-order valence-electron chi connectivity index (χ1n) is 4.16. The van der Waals surface area contributed by atoms with Gasteiger partial charge in [-0.1, -0.05) is 5.16 Å². The van der Waals surface area contributed by atoms with E-state index in [0.29, 0.717) is 17.0 Å². The lowest BCUT2D eigenvalue weighted by Crippen LogP contribution is -1.87. The summed E-state index contributed by atoms with van der Waals surface area (Å²) in [7, 11) is 0. The average molecular weight is 191 g/mol. The van der Waals surface area contributed by atoms with Gasteiger partial charge in [-0.3, -0.25) is 9.89 Å². The van der Waals surface area contributed by atoms with Gasteiger partial charge in [0.1, 0.15) is 5.76 Å². The third-order valence-electron chi connectivity index (χ3n) is 2.08. The fourth-order valence-electron chi connectivity index (χ4n) is 1.42. The Morgan fingerprint density at radius 2 is 2.29 bits per heavy atom. The zero-order valence-electron chi connectivity index (χ0n) is 7.87. The van der Waals surface area contributed by atoms with Crippen LogP contribution in [0.3, 0.4) is 0 Å². The van der Waals surface area contributed by atoms with Crippen LogP contribution in [0.1, 0.15) is 21.8 Å². The number of aldehydes is 1. The van der Waals surface area contributed by atoms with Gasteiger partial charge in [0.05, 0.1) is 28.7 Å². The van der Waals surface area contributed by atoms with Crippen LogP contribution in [0.5, 0.6) is 0 Å². The Hall–Kier alpha value is -1.91. The molecule has 2 heterocycles. The Morgan fingerprint density at radius 1 is 1.50 bits per heavy atom. The number of nitrogens with zero attached hydrogens (tertiary/aromatic N) is 2. The van der Waals surface area contributed by atoms with Crippen LogP contribution < -0.4 is 0 Å². The first-order valence-corrected chi connectivity index (χ1v) is 4.16. The number of hydrogen-bond acceptors (Lipinski definition) is 4. The molecule has 0 spiro atoms. The number of H-pyrrole nitrogens is 1. The molecule has 1 N–H and O–H groups in total. The van der Waals surface area contributed by atoms with E-state index in [1.54, 1.807) is 6.92 Å². The van der Waals surface area contributed by atoms with Crippen LogP contribution in [0.25, 0.3) is 11.3 Å². The molecule has 72 valence electrons. The molecule has 14 heavy (non-hydrogen) atoms. The molecule has 0 fully saturated rings. The highest BCUT2D eigenvalue weighted by Crippen LogP contribution is 2.26. The standard InChI is InChI=1S/C9H9N3O2/c1-5-8(6(2)14-12-5)9-7(4-13)3-10-11-9/h3-4H,1-2H3,(H,10,11). The number of carbonyl (C=O) groups excluding carboxylic acids is 1. The fourth-order valence-corrected chi connectivity index (χ4v) is 1.42. The normalized spacial score (nSPS) is 10.4. The molecule has 0 radical (unpaired) electrons. The van der Waals surface area contributed by atoms with Crippen LogP contribution in [0.15, 0.2) is 10.7 Å². The highest BCUT2D eigenvalue weighted by molar-refractivity contribution is 5.86. The summed E-state index contributed by atoms with van der Waals surface area (Å²) in [6, 6.07) is 0. The van der Waals surface area contributed by atoms with Crippen LogP contribution in [-0.2, 0) is 0 Å². The van der Waals surface area contributed by atoms with Crippen LogP contribution >= 0.6 is 0 Å². The van der Waals surface area contributed by atoms with E-state index < -0.39 is 0 Å². The SMILES string of the molecule is Cc1noc(C)c1-c1[nH]ncc1C=O. The summed E-state index contributed by atoms with van der Waals surface area (Å²) in [4.78, 5) is 10.7. The van der Waals surface area contributed by atoms with Gasteiger partial charge in [0, 0.05) is 0 Å². The Bertz CT molecular complexity index is 451. The van der Waals surface area contributed by atoms with Crippen LogP contribution in [-0.4, -0.2) is 21.6 Å². The maximum atomic E-state index is 10.7. The van der Waals surface area contributed by atoms with Crippen molar-refractivity contribution in [2.75, 3.05) is 0 Å². The van der Waals surface area contributed by atoms with E-state index in [-0.39, 0.29) is 0 Å². The minimum Gasteiger partial charge on any atom is -0.361 e. The Labute approximate surface area is 80.1 Å². The van der Waals surface area contributed by atoms with Gasteiger partial charge in [0.2, 0.25) is 0 Å². The summed E-state index contributed by atoms with van der Waals surface area (Å²) in [5, 5.41) is 10.4. The van der Waals surface area contributed by atoms with E-state index >= 15 is 0 Å². The van der Waals surface area contributed by atoms with Gasteiger partial charge in [-0.2, -0.15) is 5.10 Å². The Morgan fingerprint density at radius 3 is 2.86 bits per heavy atom. The van der Waals surface area contributed by atoms with E-state index in [9.17, 15) is 4.79 Å². The van der Waals surface area contributed by atoms with Crippen molar-refractivity contribution in [3.05, 3.63) is 23.2 Å². The summed E-state index contributed by atoms with van der Waals surface area (Å²) in [6.45, 7) is 3.62. The van der Waals surface area contributed by atoms with Crippen molar-refractivity contribution in [3.63, 3.8) is 0 Å². The van der Waals surface area contributed by atoms with Crippen LogP contribution in [0.4, 0.5) is 0 Å². The molecule has 0 aliphatic carbocycles. The van der Waals surface area contributed by atoms with Gasteiger partial charge >= 0.3 is 0 Å². The zero-order valence-corrected chi connectivity index (χ0v) is 7.87. The maximum Gasteiger partial charge on any atom is 0.153 e. The van der Waals surface area contributed by atoms with Crippen molar-refractivity contribution < 1.29 is 9.32 Å². The molecule has 0 aliphatic rings. The minimum absolute atomic E-state index is 0.513. The summed E-state index contributed by atoms with van der Waals surface area (Å²) in [5.74, 6) is 0.676. The molecule has 2 rings (SSSR count). The second kappa shape index (κ2) is 3.10. The Balaban J connectivity index is 2.64.